The van der Waals surface area contributed by atoms with E-state index in [1.807, 2.05) is 12.1 Å². The van der Waals surface area contributed by atoms with Crippen molar-refractivity contribution in [2.75, 3.05) is 33.9 Å². The molecular weight excluding hydrogens is 594 g/mol. The number of carbonyl (C=O) groups excluding carboxylic acids is 3. The van der Waals surface area contributed by atoms with Crippen molar-refractivity contribution in [1.82, 2.24) is 25.5 Å². The van der Waals surface area contributed by atoms with E-state index in [1.54, 1.807) is 50.1 Å². The third-order valence-electron chi connectivity index (χ3n) is 8.26. The lowest BCUT2D eigenvalue weighted by Gasteiger charge is -2.22. The maximum atomic E-state index is 13.4. The number of nitrogens with one attached hydrogen (secondary N) is 3. The van der Waals surface area contributed by atoms with Gasteiger partial charge in [-0.2, -0.15) is 4.98 Å². The van der Waals surface area contributed by atoms with Crippen LogP contribution in [0.4, 0.5) is 0 Å². The number of ether oxygens (including phenoxy) is 4. The molecule has 0 saturated carbocycles. The normalized spacial score (nSPS) is 18.6. The number of amides is 3. The largest absolute Gasteiger partial charge is 0.496 e. The summed E-state index contributed by atoms with van der Waals surface area (Å²) in [6.45, 7) is 4.00. The molecule has 1 saturated heterocycles. The average Bonchev–Trinajstić information content (AvgIpc) is 3.42. The summed E-state index contributed by atoms with van der Waals surface area (Å²) in [4.78, 5) is 59.1. The minimum absolute atomic E-state index is 0.117. The molecule has 0 spiro atoms. The van der Waals surface area contributed by atoms with Gasteiger partial charge in [0.2, 0.25) is 11.8 Å². The fourth-order valence-corrected chi connectivity index (χ4v) is 5.79. The highest BCUT2D eigenvalue weighted by Gasteiger charge is 2.38. The van der Waals surface area contributed by atoms with Crippen LogP contribution in [0.5, 0.6) is 23.0 Å². The van der Waals surface area contributed by atoms with Crippen LogP contribution >= 0.6 is 0 Å². The third kappa shape index (κ3) is 7.76. The number of aryl methyl sites for hydroxylation is 3. The van der Waals surface area contributed by atoms with E-state index in [9.17, 15) is 19.2 Å². The van der Waals surface area contributed by atoms with Gasteiger partial charge >= 0.3 is 5.69 Å². The molecule has 0 aliphatic carbocycles. The molecule has 1 aromatic heterocycles. The van der Waals surface area contributed by atoms with Gasteiger partial charge in [0.25, 0.3) is 5.91 Å². The Bertz CT molecular complexity index is 1650. The number of hydrogen-bond acceptors (Lipinski definition) is 9. The van der Waals surface area contributed by atoms with E-state index in [2.05, 4.69) is 20.6 Å². The zero-order valence-electron chi connectivity index (χ0n) is 26.4. The van der Waals surface area contributed by atoms with Crippen LogP contribution in [0.25, 0.3) is 0 Å². The highest BCUT2D eigenvalue weighted by Crippen LogP contribution is 2.30. The van der Waals surface area contributed by atoms with Crippen LogP contribution in [0, 0.1) is 13.8 Å². The molecular formula is C33H39N5O8. The molecule has 3 N–H and O–H groups in total. The average molecular weight is 634 g/mol. The fraction of sp³-hybridized carbons (Fsp3) is 0.424. The molecule has 4 bridgehead atoms. The van der Waals surface area contributed by atoms with Crippen molar-refractivity contribution >= 4 is 17.7 Å². The summed E-state index contributed by atoms with van der Waals surface area (Å²) in [6, 6.07) is 10.1. The summed E-state index contributed by atoms with van der Waals surface area (Å²) >= 11 is 0. The third-order valence-corrected chi connectivity index (χ3v) is 8.26. The van der Waals surface area contributed by atoms with E-state index < -0.39 is 17.8 Å². The number of benzene rings is 2. The van der Waals surface area contributed by atoms with Crippen LogP contribution in [-0.4, -0.2) is 78.7 Å². The standard InChI is InChI=1S/C33H39N5O8/c1-19-24(20(2)36-33(42)35-19)9-12-32(41)38-16-25-29(17-38)46-23-8-7-22(27(14-23)43-3)15-34-30(39)11-6-21-5-10-26(28(13-21)44-4)45-18-31(40)37-25/h5,7-8,10,13-14,25,29H,6,9,11-12,15-18H2,1-4H3,(H,34,39)(H,37,40)(H,35,36,42)/t25-,29-/m1/s1. The van der Waals surface area contributed by atoms with E-state index in [0.717, 1.165) is 16.7 Å². The number of carbonyl (C=O) groups is 3. The molecule has 2 aromatic carbocycles. The molecule has 3 aromatic rings. The maximum Gasteiger partial charge on any atom is 0.345 e. The predicted molar refractivity (Wildman–Crippen MR) is 167 cm³/mol. The molecule has 13 heteroatoms. The number of hydrogen-bond donors (Lipinski definition) is 3. The molecule has 1 fully saturated rings. The fourth-order valence-electron chi connectivity index (χ4n) is 5.79. The van der Waals surface area contributed by atoms with Crippen molar-refractivity contribution in [1.29, 1.82) is 0 Å². The van der Waals surface area contributed by atoms with Crippen LogP contribution in [-0.2, 0) is 33.8 Å². The lowest BCUT2D eigenvalue weighted by atomic mass is 10.1. The van der Waals surface area contributed by atoms with Gasteiger partial charge in [0, 0.05) is 48.9 Å². The van der Waals surface area contributed by atoms with Crippen molar-refractivity contribution in [2.45, 2.75) is 58.2 Å². The Balaban J connectivity index is 1.37. The number of likely N-dealkylation sites (tertiary alicyclic amines) is 1. The summed E-state index contributed by atoms with van der Waals surface area (Å²) < 4.78 is 23.2. The van der Waals surface area contributed by atoms with Crippen molar-refractivity contribution in [3.63, 3.8) is 0 Å². The molecule has 13 nitrogen and oxygen atoms in total. The minimum atomic E-state index is -0.569. The first-order valence-corrected chi connectivity index (χ1v) is 15.2. The van der Waals surface area contributed by atoms with Crippen LogP contribution in [0.1, 0.15) is 40.9 Å². The molecule has 5 aliphatic heterocycles. The maximum absolute atomic E-state index is 13.4. The van der Waals surface area contributed by atoms with Gasteiger partial charge in [-0.05, 0) is 62.1 Å². The van der Waals surface area contributed by atoms with Crippen LogP contribution in [0.3, 0.4) is 0 Å². The second-order valence-corrected chi connectivity index (χ2v) is 11.4. The molecule has 2 atom stereocenters. The van der Waals surface area contributed by atoms with E-state index in [4.69, 9.17) is 18.9 Å². The smallest absolute Gasteiger partial charge is 0.345 e. The zero-order chi connectivity index (χ0) is 32.8. The molecule has 5 aliphatic rings. The number of H-pyrrole nitrogens is 1. The zero-order valence-corrected chi connectivity index (χ0v) is 26.4. The summed E-state index contributed by atoms with van der Waals surface area (Å²) in [5.41, 5.74) is 3.34. The highest BCUT2D eigenvalue weighted by atomic mass is 16.5. The molecule has 6 heterocycles. The molecule has 244 valence electrons. The monoisotopic (exact) mass is 633 g/mol. The Morgan fingerprint density at radius 1 is 1.00 bits per heavy atom. The quantitative estimate of drug-likeness (QED) is 0.380. The Labute approximate surface area is 266 Å². The predicted octanol–water partition coefficient (Wildman–Crippen LogP) is 1.75. The first kappa shape index (κ1) is 32.3. The topological polar surface area (TPSA) is 161 Å². The highest BCUT2D eigenvalue weighted by molar-refractivity contribution is 5.79. The van der Waals surface area contributed by atoms with Crippen molar-refractivity contribution < 1.29 is 33.3 Å². The van der Waals surface area contributed by atoms with Gasteiger partial charge in [0.15, 0.2) is 18.1 Å². The summed E-state index contributed by atoms with van der Waals surface area (Å²) in [7, 11) is 3.05. The summed E-state index contributed by atoms with van der Waals surface area (Å²) in [5.74, 6) is 1.25. The van der Waals surface area contributed by atoms with E-state index in [0.29, 0.717) is 47.2 Å². The number of nitrogens with zero attached hydrogens (tertiary/aromatic N) is 2. The van der Waals surface area contributed by atoms with Gasteiger partial charge in [-0.1, -0.05) is 6.07 Å². The first-order chi connectivity index (χ1) is 22.1. The lowest BCUT2D eigenvalue weighted by Crippen LogP contribution is -2.46. The number of aromatic nitrogens is 2. The number of rotatable bonds is 5. The van der Waals surface area contributed by atoms with Crippen molar-refractivity contribution in [3.05, 3.63) is 75.0 Å². The van der Waals surface area contributed by atoms with Crippen molar-refractivity contribution in [2.24, 2.45) is 0 Å². The number of aromatic amines is 1. The van der Waals surface area contributed by atoms with E-state index in [-0.39, 0.29) is 56.8 Å². The van der Waals surface area contributed by atoms with Gasteiger partial charge in [-0.25, -0.2) is 4.79 Å². The Hall–Kier alpha value is -5.07. The second-order valence-electron chi connectivity index (χ2n) is 11.4. The minimum Gasteiger partial charge on any atom is -0.496 e. The van der Waals surface area contributed by atoms with Gasteiger partial charge in [-0.15, -0.1) is 0 Å². The summed E-state index contributed by atoms with van der Waals surface area (Å²) in [5, 5.41) is 5.93. The van der Waals surface area contributed by atoms with Crippen LogP contribution in [0.2, 0.25) is 0 Å². The Kier molecular flexibility index (Phi) is 10.1. The SMILES string of the molecule is COc1cc2ccc1CNC(=O)CCc1ccc(c(OC)c1)OCC(=O)N[C@@H]1CN(C(=O)CCc3c(C)nc(=O)[nH]c3C)C[C@H]1O2. The molecule has 0 unspecified atom stereocenters. The Morgan fingerprint density at radius 2 is 1.80 bits per heavy atom. The molecule has 46 heavy (non-hydrogen) atoms. The second kappa shape index (κ2) is 14.4. The van der Waals surface area contributed by atoms with Crippen LogP contribution in [0.15, 0.2) is 41.2 Å². The first-order valence-electron chi connectivity index (χ1n) is 15.2. The summed E-state index contributed by atoms with van der Waals surface area (Å²) in [6.07, 6.45) is 0.792. The van der Waals surface area contributed by atoms with Gasteiger partial charge in [0.05, 0.1) is 26.8 Å². The van der Waals surface area contributed by atoms with Gasteiger partial charge < -0.3 is 39.5 Å². The number of methoxy groups -OCH3 is 2. The molecule has 8 rings (SSSR count). The van der Waals surface area contributed by atoms with E-state index in [1.165, 1.54) is 7.11 Å². The van der Waals surface area contributed by atoms with Crippen molar-refractivity contribution in [3.8, 4) is 23.0 Å². The van der Waals surface area contributed by atoms with Gasteiger partial charge in [-0.3, -0.25) is 14.4 Å². The molecule has 3 amide bonds. The van der Waals surface area contributed by atoms with Crippen LogP contribution < -0.4 is 35.3 Å². The Morgan fingerprint density at radius 3 is 2.57 bits per heavy atom. The lowest BCUT2D eigenvalue weighted by molar-refractivity contribution is -0.130. The van der Waals surface area contributed by atoms with E-state index >= 15 is 0 Å². The van der Waals surface area contributed by atoms with Gasteiger partial charge in [0.1, 0.15) is 17.6 Å². The molecule has 0 radical (unpaired) electrons.